The average Bonchev–Trinajstić information content (AvgIpc) is 3.11. The first kappa shape index (κ1) is 25.1. The molecule has 0 N–H and O–H groups in total. The Hall–Kier alpha value is -3.00. The van der Waals surface area contributed by atoms with Gasteiger partial charge in [-0.2, -0.15) is 5.26 Å². The summed E-state index contributed by atoms with van der Waals surface area (Å²) in [4.78, 5) is 27.0. The monoisotopic (exact) mass is 616 g/mol. The van der Waals surface area contributed by atoms with Gasteiger partial charge in [-0.05, 0) is 75.8 Å². The summed E-state index contributed by atoms with van der Waals surface area (Å²) in [6.45, 7) is 0.315. The van der Waals surface area contributed by atoms with E-state index in [0.29, 0.717) is 38.1 Å². The molecule has 0 atom stereocenters. The number of methoxy groups -OCH3 is 1. The fourth-order valence-electron chi connectivity index (χ4n) is 3.45. The van der Waals surface area contributed by atoms with Crippen molar-refractivity contribution in [1.29, 1.82) is 5.26 Å². The van der Waals surface area contributed by atoms with Crippen LogP contribution in [0.2, 0.25) is 5.02 Å². The van der Waals surface area contributed by atoms with Crippen LogP contribution in [0.15, 0.2) is 65.6 Å². The zero-order valence-electron chi connectivity index (χ0n) is 18.5. The first-order chi connectivity index (χ1) is 16.9. The number of hydrogen-bond acceptors (Lipinski definition) is 6. The topological polar surface area (TPSA) is 79.6 Å². The highest BCUT2D eigenvalue weighted by atomic mass is 127. The van der Waals surface area contributed by atoms with Crippen molar-refractivity contribution in [2.45, 2.75) is 13.2 Å². The third kappa shape index (κ3) is 5.64. The Morgan fingerprint density at radius 2 is 1.83 bits per heavy atom. The van der Waals surface area contributed by atoms with E-state index in [4.69, 9.17) is 21.1 Å². The summed E-state index contributed by atoms with van der Waals surface area (Å²) >= 11 is 9.24. The maximum absolute atomic E-state index is 13.0. The summed E-state index contributed by atoms with van der Waals surface area (Å²) in [6, 6.07) is 20.0. The van der Waals surface area contributed by atoms with Gasteiger partial charge < -0.3 is 9.47 Å². The molecule has 1 aliphatic heterocycles. The molecule has 1 heterocycles. The molecule has 0 saturated carbocycles. The van der Waals surface area contributed by atoms with Crippen LogP contribution in [0.25, 0.3) is 6.08 Å². The van der Waals surface area contributed by atoms with Crippen LogP contribution < -0.4 is 9.47 Å². The smallest absolute Gasteiger partial charge is 0.293 e. The molecule has 0 bridgehead atoms. The van der Waals surface area contributed by atoms with E-state index in [1.165, 1.54) is 7.11 Å². The zero-order valence-corrected chi connectivity index (χ0v) is 22.2. The highest BCUT2D eigenvalue weighted by molar-refractivity contribution is 14.1. The first-order valence-corrected chi connectivity index (χ1v) is 12.7. The molecule has 1 saturated heterocycles. The van der Waals surface area contributed by atoms with E-state index in [1.807, 2.05) is 24.3 Å². The summed E-state index contributed by atoms with van der Waals surface area (Å²) in [7, 11) is 1.54. The number of amides is 2. The lowest BCUT2D eigenvalue weighted by Gasteiger charge is -2.14. The molecule has 1 fully saturated rings. The van der Waals surface area contributed by atoms with Gasteiger partial charge in [0, 0.05) is 10.6 Å². The Morgan fingerprint density at radius 3 is 2.54 bits per heavy atom. The molecule has 1 aliphatic rings. The Labute approximate surface area is 225 Å². The second-order valence-corrected chi connectivity index (χ2v) is 10.0. The van der Waals surface area contributed by atoms with Crippen molar-refractivity contribution >= 4 is 63.2 Å². The van der Waals surface area contributed by atoms with Crippen molar-refractivity contribution in [3.63, 3.8) is 0 Å². The predicted molar refractivity (Wildman–Crippen MR) is 144 cm³/mol. The molecule has 0 spiro atoms. The van der Waals surface area contributed by atoms with Gasteiger partial charge in [-0.15, -0.1) is 0 Å². The molecular weight excluding hydrogens is 599 g/mol. The Bertz CT molecular complexity index is 1390. The van der Waals surface area contributed by atoms with E-state index in [-0.39, 0.29) is 18.4 Å². The third-order valence-corrected chi connectivity index (χ3v) is 7.30. The molecule has 9 heteroatoms. The molecule has 2 amide bonds. The van der Waals surface area contributed by atoms with Crippen LogP contribution in [0.4, 0.5) is 4.79 Å². The molecule has 0 unspecified atom stereocenters. The molecule has 6 nitrogen and oxygen atoms in total. The minimum absolute atomic E-state index is 0.0431. The summed E-state index contributed by atoms with van der Waals surface area (Å²) in [5, 5.41) is 9.54. The number of nitriles is 1. The molecule has 0 aromatic heterocycles. The van der Waals surface area contributed by atoms with Crippen molar-refractivity contribution in [3.8, 4) is 17.6 Å². The number of ether oxygens (including phenoxy) is 2. The molecule has 4 rings (SSSR count). The van der Waals surface area contributed by atoms with Crippen molar-refractivity contribution in [3.05, 3.63) is 96.4 Å². The van der Waals surface area contributed by atoms with Gasteiger partial charge in [0.1, 0.15) is 6.61 Å². The normalized spacial score (nSPS) is 14.3. The predicted octanol–water partition coefficient (Wildman–Crippen LogP) is 6.64. The van der Waals surface area contributed by atoms with Gasteiger partial charge in [-0.1, -0.05) is 48.0 Å². The number of rotatable bonds is 7. The SMILES string of the molecule is COc1cc(/C=C2/SC(=O)N(Cc3ccccc3C#N)C2=O)cc(I)c1OCc1ccccc1Cl. The Morgan fingerprint density at radius 1 is 1.11 bits per heavy atom. The number of carbonyl (C=O) groups is 2. The maximum atomic E-state index is 13.0. The summed E-state index contributed by atoms with van der Waals surface area (Å²) in [5.74, 6) is 0.657. The van der Waals surface area contributed by atoms with Gasteiger partial charge in [0.15, 0.2) is 11.5 Å². The van der Waals surface area contributed by atoms with E-state index in [0.717, 1.165) is 25.8 Å². The number of halogens is 2. The molecular formula is C26H18ClIN2O4S. The molecule has 3 aromatic rings. The molecule has 176 valence electrons. The maximum Gasteiger partial charge on any atom is 0.293 e. The van der Waals surface area contributed by atoms with Gasteiger partial charge in [0.2, 0.25) is 0 Å². The van der Waals surface area contributed by atoms with E-state index in [1.54, 1.807) is 42.5 Å². The van der Waals surface area contributed by atoms with E-state index >= 15 is 0 Å². The molecule has 0 aliphatic carbocycles. The van der Waals surface area contributed by atoms with Crippen LogP contribution >= 0.6 is 46.0 Å². The van der Waals surface area contributed by atoms with Gasteiger partial charge >= 0.3 is 0 Å². The Kier molecular flexibility index (Phi) is 8.00. The van der Waals surface area contributed by atoms with Crippen LogP contribution in [0, 0.1) is 14.9 Å². The molecule has 3 aromatic carbocycles. The summed E-state index contributed by atoms with van der Waals surface area (Å²) in [5.41, 5.74) is 2.60. The van der Waals surface area contributed by atoms with Gasteiger partial charge in [0.05, 0.1) is 33.8 Å². The number of thioether (sulfide) groups is 1. The van der Waals surface area contributed by atoms with Crippen LogP contribution in [0.3, 0.4) is 0 Å². The van der Waals surface area contributed by atoms with Crippen LogP contribution in [0.5, 0.6) is 11.5 Å². The lowest BCUT2D eigenvalue weighted by atomic mass is 10.1. The van der Waals surface area contributed by atoms with Gasteiger partial charge in [-0.25, -0.2) is 0 Å². The quantitative estimate of drug-likeness (QED) is 0.219. The lowest BCUT2D eigenvalue weighted by Crippen LogP contribution is -2.27. The van der Waals surface area contributed by atoms with Crippen LogP contribution in [-0.2, 0) is 17.9 Å². The Balaban J connectivity index is 1.55. The van der Waals surface area contributed by atoms with E-state index < -0.39 is 5.91 Å². The lowest BCUT2D eigenvalue weighted by molar-refractivity contribution is -0.123. The van der Waals surface area contributed by atoms with E-state index in [9.17, 15) is 14.9 Å². The van der Waals surface area contributed by atoms with Gasteiger partial charge in [0.25, 0.3) is 11.1 Å². The largest absolute Gasteiger partial charge is 0.493 e. The molecule has 35 heavy (non-hydrogen) atoms. The number of hydrogen-bond donors (Lipinski definition) is 0. The van der Waals surface area contributed by atoms with Crippen molar-refractivity contribution in [2.75, 3.05) is 7.11 Å². The van der Waals surface area contributed by atoms with Crippen molar-refractivity contribution < 1.29 is 19.1 Å². The van der Waals surface area contributed by atoms with Crippen LogP contribution in [-0.4, -0.2) is 23.2 Å². The molecule has 0 radical (unpaired) electrons. The minimum atomic E-state index is -0.402. The van der Waals surface area contributed by atoms with Crippen molar-refractivity contribution in [2.24, 2.45) is 0 Å². The number of imide groups is 1. The fourth-order valence-corrected chi connectivity index (χ4v) is 5.26. The standard InChI is InChI=1S/C26H18ClIN2O4S/c1-33-22-11-16(10-21(28)24(22)34-15-19-8-4-5-9-20(19)27)12-23-25(31)30(26(32)35-23)14-18-7-3-2-6-17(18)13-29/h2-12H,14-15H2,1H3/b23-12+. The number of nitrogens with zero attached hydrogens (tertiary/aromatic N) is 2. The fraction of sp³-hybridized carbons (Fsp3) is 0.115. The first-order valence-electron chi connectivity index (χ1n) is 10.4. The highest BCUT2D eigenvalue weighted by Gasteiger charge is 2.35. The summed E-state index contributed by atoms with van der Waals surface area (Å²) < 4.78 is 12.3. The highest BCUT2D eigenvalue weighted by Crippen LogP contribution is 2.38. The second kappa shape index (κ2) is 11.2. The third-order valence-electron chi connectivity index (χ3n) is 5.22. The van der Waals surface area contributed by atoms with Crippen LogP contribution in [0.1, 0.15) is 22.3 Å². The van der Waals surface area contributed by atoms with Crippen molar-refractivity contribution in [1.82, 2.24) is 4.90 Å². The average molecular weight is 617 g/mol. The summed E-state index contributed by atoms with van der Waals surface area (Å²) in [6.07, 6.45) is 1.66. The van der Waals surface area contributed by atoms with Gasteiger partial charge in [-0.3, -0.25) is 14.5 Å². The zero-order chi connectivity index (χ0) is 24.9. The second-order valence-electron chi connectivity index (χ2n) is 7.45. The number of benzene rings is 3. The van der Waals surface area contributed by atoms with E-state index in [2.05, 4.69) is 28.7 Å². The number of carbonyl (C=O) groups excluding carboxylic acids is 2. The minimum Gasteiger partial charge on any atom is -0.493 e.